The lowest BCUT2D eigenvalue weighted by molar-refractivity contribution is 0.0256. The molecule has 2 bridgehead atoms. The third kappa shape index (κ3) is 2.77. The van der Waals surface area contributed by atoms with Crippen LogP contribution in [0, 0.1) is 5.92 Å². The molecule has 20 heavy (non-hydrogen) atoms. The van der Waals surface area contributed by atoms with Gasteiger partial charge in [0.15, 0.2) is 0 Å². The van der Waals surface area contributed by atoms with Crippen molar-refractivity contribution in [2.45, 2.75) is 18.9 Å². The van der Waals surface area contributed by atoms with E-state index in [2.05, 4.69) is 4.90 Å². The Balaban J connectivity index is 1.72. The van der Waals surface area contributed by atoms with E-state index < -0.39 is 0 Å². The first-order chi connectivity index (χ1) is 9.63. The van der Waals surface area contributed by atoms with E-state index in [1.54, 1.807) is 5.01 Å². The van der Waals surface area contributed by atoms with Gasteiger partial charge in [0.05, 0.1) is 11.7 Å². The Labute approximate surface area is 124 Å². The summed E-state index contributed by atoms with van der Waals surface area (Å²) >= 11 is 5.89. The molecule has 4 nitrogen and oxygen atoms in total. The summed E-state index contributed by atoms with van der Waals surface area (Å²) < 4.78 is 0. The summed E-state index contributed by atoms with van der Waals surface area (Å²) in [4.78, 5) is 2.48. The molecule has 1 atom stereocenters. The third-order valence-electron chi connectivity index (χ3n) is 4.47. The van der Waals surface area contributed by atoms with Crippen LogP contribution in [0.15, 0.2) is 30.5 Å². The van der Waals surface area contributed by atoms with E-state index in [9.17, 15) is 0 Å². The Kier molecular flexibility index (Phi) is 3.87. The van der Waals surface area contributed by atoms with Crippen molar-refractivity contribution in [3.8, 4) is 0 Å². The Morgan fingerprint density at radius 2 is 1.90 bits per heavy atom. The van der Waals surface area contributed by atoms with Crippen LogP contribution < -0.4 is 11.6 Å². The molecule has 3 aliphatic heterocycles. The Bertz CT molecular complexity index is 491. The molecule has 1 aromatic carbocycles. The van der Waals surface area contributed by atoms with Crippen LogP contribution in [0.1, 0.15) is 18.4 Å². The van der Waals surface area contributed by atoms with Gasteiger partial charge in [-0.2, -0.15) is 0 Å². The fourth-order valence-electron chi connectivity index (χ4n) is 3.24. The summed E-state index contributed by atoms with van der Waals surface area (Å²) in [5.41, 5.74) is 7.76. The summed E-state index contributed by atoms with van der Waals surface area (Å²) in [6.07, 6.45) is 4.34. The fraction of sp³-hybridized carbons (Fsp3) is 0.467. The van der Waals surface area contributed by atoms with Crippen molar-refractivity contribution in [1.29, 1.82) is 0 Å². The third-order valence-corrected chi connectivity index (χ3v) is 4.72. The molecule has 4 rings (SSSR count). The number of hydrazine groups is 1. The van der Waals surface area contributed by atoms with Gasteiger partial charge in [0.25, 0.3) is 0 Å². The summed E-state index contributed by atoms with van der Waals surface area (Å²) in [6.45, 7) is 3.47. The SMILES string of the molecule is N/C(=C\N(N)C1CN2CCC1CC2)c1ccc(Cl)cc1. The standard InChI is InChI=1S/C15H21ClN4/c16-13-3-1-11(2-4-13)14(17)9-20(18)15-10-19-7-5-12(15)6-8-19/h1-4,9,12,15H,5-8,10,17-18H2/b14-9-. The fourth-order valence-corrected chi connectivity index (χ4v) is 3.37. The van der Waals surface area contributed by atoms with Gasteiger partial charge in [-0.15, -0.1) is 0 Å². The van der Waals surface area contributed by atoms with Crippen molar-refractivity contribution in [3.05, 3.63) is 41.1 Å². The number of rotatable bonds is 3. The number of nitrogens with two attached hydrogens (primary N) is 2. The van der Waals surface area contributed by atoms with Crippen LogP contribution in [-0.2, 0) is 0 Å². The van der Waals surface area contributed by atoms with Crippen LogP contribution >= 0.6 is 11.6 Å². The highest BCUT2D eigenvalue weighted by atomic mass is 35.5. The van der Waals surface area contributed by atoms with Gasteiger partial charge < -0.3 is 15.6 Å². The molecule has 5 heteroatoms. The Morgan fingerprint density at radius 1 is 1.25 bits per heavy atom. The average Bonchev–Trinajstić information content (AvgIpc) is 2.49. The highest BCUT2D eigenvalue weighted by Gasteiger charge is 2.36. The molecule has 0 radical (unpaired) electrons. The van der Waals surface area contributed by atoms with Gasteiger partial charge in [0.1, 0.15) is 0 Å². The van der Waals surface area contributed by atoms with Crippen molar-refractivity contribution < 1.29 is 0 Å². The second-order valence-corrected chi connectivity index (χ2v) is 6.18. The number of benzene rings is 1. The van der Waals surface area contributed by atoms with E-state index in [1.807, 2.05) is 30.5 Å². The molecule has 3 saturated heterocycles. The molecule has 4 N–H and O–H groups in total. The topological polar surface area (TPSA) is 58.5 Å². The number of fused-ring (bicyclic) bond motifs is 3. The zero-order chi connectivity index (χ0) is 14.1. The maximum Gasteiger partial charge on any atom is 0.0602 e. The molecular weight excluding hydrogens is 272 g/mol. The quantitative estimate of drug-likeness (QED) is 0.660. The smallest absolute Gasteiger partial charge is 0.0602 e. The van der Waals surface area contributed by atoms with Gasteiger partial charge in [-0.05, 0) is 49.5 Å². The van der Waals surface area contributed by atoms with Crippen LogP contribution in [0.2, 0.25) is 5.02 Å². The van der Waals surface area contributed by atoms with Gasteiger partial charge in [0, 0.05) is 17.8 Å². The zero-order valence-corrected chi connectivity index (χ0v) is 12.3. The van der Waals surface area contributed by atoms with Gasteiger partial charge in [0.2, 0.25) is 0 Å². The van der Waals surface area contributed by atoms with Crippen LogP contribution in [-0.4, -0.2) is 35.6 Å². The highest BCUT2D eigenvalue weighted by molar-refractivity contribution is 6.30. The predicted octanol–water partition coefficient (Wildman–Crippen LogP) is 1.87. The van der Waals surface area contributed by atoms with Gasteiger partial charge >= 0.3 is 0 Å². The number of halogens is 1. The first-order valence-electron chi connectivity index (χ1n) is 7.12. The van der Waals surface area contributed by atoms with Crippen molar-refractivity contribution in [2.75, 3.05) is 19.6 Å². The molecule has 1 aromatic rings. The molecule has 0 amide bonds. The average molecular weight is 293 g/mol. The Morgan fingerprint density at radius 3 is 2.45 bits per heavy atom. The van der Waals surface area contributed by atoms with Crippen molar-refractivity contribution in [2.24, 2.45) is 17.5 Å². The van der Waals surface area contributed by atoms with E-state index in [1.165, 1.54) is 25.9 Å². The molecule has 3 aliphatic rings. The van der Waals surface area contributed by atoms with Crippen molar-refractivity contribution in [1.82, 2.24) is 9.91 Å². The summed E-state index contributed by atoms with van der Waals surface area (Å²) in [5, 5.41) is 2.52. The molecule has 3 fully saturated rings. The number of hydrogen-bond acceptors (Lipinski definition) is 4. The second kappa shape index (κ2) is 5.64. The number of hydrogen-bond donors (Lipinski definition) is 2. The Hall–Kier alpha value is -1.23. The highest BCUT2D eigenvalue weighted by Crippen LogP contribution is 2.30. The van der Waals surface area contributed by atoms with Crippen LogP contribution in [0.25, 0.3) is 5.70 Å². The molecule has 0 spiro atoms. The first-order valence-corrected chi connectivity index (χ1v) is 7.50. The van der Waals surface area contributed by atoms with E-state index >= 15 is 0 Å². The minimum absolute atomic E-state index is 0.378. The molecular formula is C15H21ClN4. The van der Waals surface area contributed by atoms with E-state index in [0.29, 0.717) is 22.7 Å². The molecule has 1 unspecified atom stereocenters. The maximum absolute atomic E-state index is 6.23. The van der Waals surface area contributed by atoms with Crippen LogP contribution in [0.4, 0.5) is 0 Å². The minimum Gasteiger partial charge on any atom is -0.397 e. The van der Waals surface area contributed by atoms with Crippen molar-refractivity contribution >= 4 is 17.3 Å². The van der Waals surface area contributed by atoms with Gasteiger partial charge in [-0.1, -0.05) is 23.7 Å². The van der Waals surface area contributed by atoms with Crippen LogP contribution in [0.5, 0.6) is 0 Å². The lowest BCUT2D eigenvalue weighted by Crippen LogP contribution is -2.57. The lowest BCUT2D eigenvalue weighted by Gasteiger charge is -2.47. The molecule has 0 aromatic heterocycles. The van der Waals surface area contributed by atoms with Crippen LogP contribution in [0.3, 0.4) is 0 Å². The zero-order valence-electron chi connectivity index (χ0n) is 11.5. The normalized spacial score (nSPS) is 29.5. The van der Waals surface area contributed by atoms with E-state index in [0.717, 1.165) is 12.1 Å². The summed E-state index contributed by atoms with van der Waals surface area (Å²) in [7, 11) is 0. The summed E-state index contributed by atoms with van der Waals surface area (Å²) in [5.74, 6) is 6.92. The largest absolute Gasteiger partial charge is 0.397 e. The minimum atomic E-state index is 0.378. The summed E-state index contributed by atoms with van der Waals surface area (Å²) in [6, 6.07) is 7.89. The second-order valence-electron chi connectivity index (χ2n) is 5.74. The maximum atomic E-state index is 6.23. The molecule has 108 valence electrons. The number of nitrogens with zero attached hydrogens (tertiary/aromatic N) is 2. The molecule has 0 aliphatic carbocycles. The first kappa shape index (κ1) is 13.7. The van der Waals surface area contributed by atoms with Crippen molar-refractivity contribution in [3.63, 3.8) is 0 Å². The van der Waals surface area contributed by atoms with Gasteiger partial charge in [-0.25, -0.2) is 5.84 Å². The number of piperidine rings is 3. The lowest BCUT2D eigenvalue weighted by atomic mass is 9.84. The monoisotopic (exact) mass is 292 g/mol. The predicted molar refractivity (Wildman–Crippen MR) is 82.6 cm³/mol. The van der Waals surface area contributed by atoms with E-state index in [-0.39, 0.29) is 0 Å². The van der Waals surface area contributed by atoms with Gasteiger partial charge in [-0.3, -0.25) is 0 Å². The van der Waals surface area contributed by atoms with E-state index in [4.69, 9.17) is 23.2 Å². The molecule has 0 saturated carbocycles. The molecule has 3 heterocycles.